The van der Waals surface area contributed by atoms with E-state index in [0.717, 1.165) is 30.4 Å². The first-order valence-corrected chi connectivity index (χ1v) is 22.8. The molecule has 11 unspecified atom stereocenters. The van der Waals surface area contributed by atoms with Crippen molar-refractivity contribution in [1.29, 1.82) is 0 Å². The highest BCUT2D eigenvalue weighted by Crippen LogP contribution is 2.60. The van der Waals surface area contributed by atoms with Crippen molar-refractivity contribution < 1.29 is 52.8 Å². The summed E-state index contributed by atoms with van der Waals surface area (Å²) in [5.41, 5.74) is 2.83. The molecule has 4 saturated heterocycles. The number of benzene rings is 2. The molecule has 4 heterocycles. The molecule has 0 aromatic heterocycles. The Labute approximate surface area is 369 Å². The van der Waals surface area contributed by atoms with E-state index in [0.29, 0.717) is 34.5 Å². The molecule has 0 spiro atoms. The van der Waals surface area contributed by atoms with Crippen LogP contribution >= 0.6 is 0 Å². The molecule has 3 N–H and O–H groups in total. The van der Waals surface area contributed by atoms with Crippen molar-refractivity contribution in [1.82, 2.24) is 15.7 Å². The maximum absolute atomic E-state index is 14.7. The van der Waals surface area contributed by atoms with E-state index in [1.54, 1.807) is 50.1 Å². The van der Waals surface area contributed by atoms with Crippen molar-refractivity contribution >= 4 is 29.8 Å². The number of esters is 2. The number of fused-ring (bicyclic) bond motifs is 6. The van der Waals surface area contributed by atoms with E-state index >= 15 is 0 Å². The fourth-order valence-electron chi connectivity index (χ4n) is 11.5. The molecule has 11 atom stereocenters. The third-order valence-corrected chi connectivity index (χ3v) is 14.8. The monoisotopic (exact) mass is 869 g/mol. The fourth-order valence-corrected chi connectivity index (χ4v) is 11.5. The fraction of sp³-hybridized carbons (Fsp3) is 0.633. The number of epoxide rings is 1. The molecule has 2 bridgehead atoms. The molecule has 9 rings (SSSR count). The summed E-state index contributed by atoms with van der Waals surface area (Å²) < 4.78 is 29.5. The second-order valence-electron chi connectivity index (χ2n) is 20.8. The number of carbonyl (C=O) groups is 4. The lowest BCUT2D eigenvalue weighted by Gasteiger charge is -2.53. The number of hydroxylamine groups is 2. The van der Waals surface area contributed by atoms with Crippen LogP contribution in [0.3, 0.4) is 0 Å². The van der Waals surface area contributed by atoms with Crippen molar-refractivity contribution in [3.8, 4) is 0 Å². The zero-order valence-electron chi connectivity index (χ0n) is 37.4. The number of aliphatic hydroxyl groups excluding tert-OH is 1. The molecule has 0 radical (unpaired) electrons. The van der Waals surface area contributed by atoms with Gasteiger partial charge in [0.05, 0.1) is 30.9 Å². The lowest BCUT2D eigenvalue weighted by molar-refractivity contribution is -0.201. The summed E-state index contributed by atoms with van der Waals surface area (Å²) in [4.78, 5) is 61.0. The lowest BCUT2D eigenvalue weighted by Crippen LogP contribution is -2.69. The summed E-state index contributed by atoms with van der Waals surface area (Å²) in [7, 11) is 0. The molecular weight excluding hydrogens is 807 g/mol. The van der Waals surface area contributed by atoms with Gasteiger partial charge in [0.25, 0.3) is 5.91 Å². The van der Waals surface area contributed by atoms with Gasteiger partial charge in [-0.1, -0.05) is 61.9 Å². The standard InChI is InChI=1S/C49H63N3O11/c1-46(2,3)62-38(54)16-14-33(26-53)51-43(55)32-12-8-10-29(21-32)24-50-45(57)49-23-36-39-40(59-27-58-39)42(49)63-52(41(49)44(56)60-36)25-30-11-7-9-28(19-30)20-31-13-15-37-48(6,61-37)18-17-35-34(31)22-47(35,4)5/h7-12,19-21,33-37,39-42,53H,13-18,22-27H2,1-6H3,(H,50,57)(H,51,55). The Bertz CT molecular complexity index is 2150. The van der Waals surface area contributed by atoms with Gasteiger partial charge in [-0.05, 0) is 112 Å². The smallest absolute Gasteiger partial charge is 0.327 e. The van der Waals surface area contributed by atoms with Crippen molar-refractivity contribution in [2.24, 2.45) is 22.7 Å². The van der Waals surface area contributed by atoms with Crippen LogP contribution in [0.5, 0.6) is 0 Å². The van der Waals surface area contributed by atoms with Crippen molar-refractivity contribution in [2.45, 2.75) is 160 Å². The van der Waals surface area contributed by atoms with Crippen LogP contribution in [0.1, 0.15) is 120 Å². The van der Waals surface area contributed by atoms with Gasteiger partial charge in [-0.15, -0.1) is 0 Å². The number of nitrogens with zero attached hydrogens (tertiary/aromatic N) is 1. The summed E-state index contributed by atoms with van der Waals surface area (Å²) in [6.07, 6.45) is 5.94. The molecule has 7 aliphatic rings. The van der Waals surface area contributed by atoms with E-state index in [1.165, 1.54) is 18.4 Å². The highest BCUT2D eigenvalue weighted by molar-refractivity contribution is 5.95. The molecular formula is C49H63N3O11. The highest BCUT2D eigenvalue weighted by atomic mass is 16.8. The maximum Gasteiger partial charge on any atom is 0.327 e. The van der Waals surface area contributed by atoms with Gasteiger partial charge in [0.1, 0.15) is 42.2 Å². The van der Waals surface area contributed by atoms with Crippen molar-refractivity contribution in [2.75, 3.05) is 13.4 Å². The summed E-state index contributed by atoms with van der Waals surface area (Å²) in [5.74, 6) is -0.584. The van der Waals surface area contributed by atoms with Crippen LogP contribution in [0, 0.1) is 22.7 Å². The third kappa shape index (κ3) is 8.59. The van der Waals surface area contributed by atoms with Gasteiger partial charge in [0.2, 0.25) is 5.91 Å². The second kappa shape index (κ2) is 16.7. The number of nitrogens with one attached hydrogen (secondary N) is 2. The van der Waals surface area contributed by atoms with Crippen LogP contribution in [0.2, 0.25) is 0 Å². The Kier molecular flexibility index (Phi) is 11.7. The van der Waals surface area contributed by atoms with Crippen molar-refractivity contribution in [3.05, 3.63) is 76.4 Å². The average molecular weight is 870 g/mol. The number of hydrogen-bond donors (Lipinski definition) is 3. The Hall–Kier alpha value is -4.18. The van der Waals surface area contributed by atoms with Gasteiger partial charge in [-0.3, -0.25) is 24.0 Å². The van der Waals surface area contributed by atoms with E-state index in [9.17, 15) is 24.3 Å². The van der Waals surface area contributed by atoms with Gasteiger partial charge < -0.3 is 39.4 Å². The molecule has 2 aromatic carbocycles. The minimum Gasteiger partial charge on any atom is -0.460 e. The quantitative estimate of drug-likeness (QED) is 0.180. The average Bonchev–Trinajstić information content (AvgIpc) is 3.50. The van der Waals surface area contributed by atoms with Crippen LogP contribution in [0.25, 0.3) is 6.08 Å². The van der Waals surface area contributed by atoms with Gasteiger partial charge in [0.15, 0.2) is 6.04 Å². The third-order valence-electron chi connectivity index (χ3n) is 14.8. The molecule has 2 amide bonds. The normalized spacial score (nSPS) is 35.0. The van der Waals surface area contributed by atoms with Crippen LogP contribution in [0.4, 0.5) is 0 Å². The van der Waals surface area contributed by atoms with Gasteiger partial charge in [0, 0.05) is 24.9 Å². The molecule has 3 aliphatic carbocycles. The zero-order valence-corrected chi connectivity index (χ0v) is 37.4. The Morgan fingerprint density at radius 1 is 1.02 bits per heavy atom. The van der Waals surface area contributed by atoms with Crippen molar-refractivity contribution in [3.63, 3.8) is 0 Å². The number of aliphatic hydroxyl groups is 1. The van der Waals surface area contributed by atoms with Gasteiger partial charge in [-0.2, -0.15) is 5.06 Å². The minimum atomic E-state index is -1.34. The van der Waals surface area contributed by atoms with Crippen LogP contribution in [-0.4, -0.2) is 101 Å². The maximum atomic E-state index is 14.7. The zero-order chi connectivity index (χ0) is 44.5. The first-order valence-electron chi connectivity index (χ1n) is 22.8. The number of carbonyl (C=O) groups excluding carboxylic acids is 4. The minimum absolute atomic E-state index is 0.000463. The predicted octanol–water partition coefficient (Wildman–Crippen LogP) is 5.53. The largest absolute Gasteiger partial charge is 0.460 e. The van der Waals surface area contributed by atoms with Crippen LogP contribution in [-0.2, 0) is 56.0 Å². The Balaban J connectivity index is 0.904. The number of hydrogen-bond acceptors (Lipinski definition) is 12. The van der Waals surface area contributed by atoms with E-state index in [1.807, 2.05) is 12.1 Å². The topological polar surface area (TPSA) is 174 Å². The summed E-state index contributed by atoms with van der Waals surface area (Å²) in [6.45, 7) is 12.4. The molecule has 7 fully saturated rings. The molecule has 63 heavy (non-hydrogen) atoms. The predicted molar refractivity (Wildman–Crippen MR) is 229 cm³/mol. The summed E-state index contributed by atoms with van der Waals surface area (Å²) in [6, 6.07) is 13.4. The Morgan fingerprint density at radius 2 is 1.79 bits per heavy atom. The highest BCUT2D eigenvalue weighted by Gasteiger charge is 2.74. The van der Waals surface area contributed by atoms with Gasteiger partial charge >= 0.3 is 11.9 Å². The summed E-state index contributed by atoms with van der Waals surface area (Å²) >= 11 is 0. The second-order valence-corrected chi connectivity index (χ2v) is 20.8. The number of ether oxygens (including phenoxy) is 5. The summed E-state index contributed by atoms with van der Waals surface area (Å²) in [5, 5.41) is 17.4. The first kappa shape index (κ1) is 44.0. The number of rotatable bonds is 12. The van der Waals surface area contributed by atoms with Crippen LogP contribution in [0.15, 0.2) is 54.1 Å². The molecule has 14 nitrogen and oxygen atoms in total. The molecule has 4 aliphatic heterocycles. The van der Waals surface area contributed by atoms with Gasteiger partial charge in [-0.25, -0.2) is 0 Å². The molecule has 3 saturated carbocycles. The SMILES string of the molecule is CC(C)(C)OC(=O)CCC(CO)NC(=O)c1cccc(CNC(=O)C23CC4OC(=O)C2N(Cc2cccc(C=C5CCC6OC6(C)CCC6C5CC6(C)C)c2)OC3C2OCOC42)c1. The number of amides is 2. The Morgan fingerprint density at radius 3 is 2.57 bits per heavy atom. The molecule has 2 aromatic rings. The number of allylic oxidation sites excluding steroid dienone is 1. The van der Waals surface area contributed by atoms with E-state index in [2.05, 4.69) is 49.6 Å². The lowest BCUT2D eigenvalue weighted by atomic mass is 9.52. The van der Waals surface area contributed by atoms with E-state index in [-0.39, 0.29) is 57.3 Å². The van der Waals surface area contributed by atoms with E-state index < -0.39 is 65.4 Å². The first-order chi connectivity index (χ1) is 30.0. The van der Waals surface area contributed by atoms with Crippen LogP contribution < -0.4 is 10.6 Å². The molecule has 340 valence electrons. The molecule has 14 heteroatoms. The van der Waals surface area contributed by atoms with E-state index in [4.69, 9.17) is 28.5 Å².